The Bertz CT molecular complexity index is 270. The molecule has 0 rings (SSSR count). The summed E-state index contributed by atoms with van der Waals surface area (Å²) in [7, 11) is 0. The van der Waals surface area contributed by atoms with Gasteiger partial charge in [0.2, 0.25) is 0 Å². The van der Waals surface area contributed by atoms with Crippen molar-refractivity contribution >= 4 is 43.8 Å². The molecular formula is C10H16Br2O4. The van der Waals surface area contributed by atoms with Crippen LogP contribution < -0.4 is 0 Å². The average molecular weight is 360 g/mol. The topological polar surface area (TPSA) is 74.6 Å². The maximum atomic E-state index is 11.2. The molecule has 0 heterocycles. The highest BCUT2D eigenvalue weighted by molar-refractivity contribution is 9.10. The third kappa shape index (κ3) is 3.73. The minimum atomic E-state index is -1.04. The van der Waals surface area contributed by atoms with Gasteiger partial charge < -0.3 is 10.2 Å². The summed E-state index contributed by atoms with van der Waals surface area (Å²) in [5, 5.41) is 18.0. The predicted molar refractivity (Wildman–Crippen MR) is 68.3 cm³/mol. The summed E-state index contributed by atoms with van der Waals surface area (Å²) < 4.78 is -1.04. The van der Waals surface area contributed by atoms with Crippen molar-refractivity contribution in [2.45, 2.75) is 42.3 Å². The normalized spacial score (nSPS) is 18.5. The molecule has 3 unspecified atom stereocenters. The smallest absolute Gasteiger partial charge is 0.320 e. The number of carboxylic acids is 2. The number of aliphatic carboxylic acids is 2. The summed E-state index contributed by atoms with van der Waals surface area (Å²) in [6.45, 7) is 3.64. The van der Waals surface area contributed by atoms with E-state index >= 15 is 0 Å². The molecule has 0 radical (unpaired) electrons. The molecule has 0 aliphatic heterocycles. The highest BCUT2D eigenvalue weighted by atomic mass is 79.9. The third-order valence-corrected chi connectivity index (χ3v) is 5.08. The molecule has 3 atom stereocenters. The summed E-state index contributed by atoms with van der Waals surface area (Å²) >= 11 is 6.28. The number of rotatable bonds is 7. The molecule has 0 saturated carbocycles. The first-order valence-corrected chi connectivity index (χ1v) is 6.79. The van der Waals surface area contributed by atoms with Crippen LogP contribution in [0.1, 0.15) is 33.1 Å². The Morgan fingerprint density at radius 3 is 2.06 bits per heavy atom. The second-order valence-corrected chi connectivity index (χ2v) is 6.19. The van der Waals surface area contributed by atoms with E-state index in [-0.39, 0.29) is 12.3 Å². The molecule has 6 heteroatoms. The largest absolute Gasteiger partial charge is 0.480 e. The predicted octanol–water partition coefficient (Wildman–Crippen LogP) is 2.88. The van der Waals surface area contributed by atoms with Crippen LogP contribution in [0, 0.1) is 5.92 Å². The molecule has 0 aromatic heterocycles. The summed E-state index contributed by atoms with van der Waals surface area (Å²) in [6.07, 6.45) is 1.32. The zero-order chi connectivity index (χ0) is 12.9. The fraction of sp³-hybridized carbons (Fsp3) is 0.800. The van der Waals surface area contributed by atoms with E-state index in [9.17, 15) is 14.7 Å². The van der Waals surface area contributed by atoms with E-state index in [4.69, 9.17) is 5.11 Å². The van der Waals surface area contributed by atoms with E-state index in [0.717, 1.165) is 0 Å². The number of carbonyl (C=O) groups is 2. The van der Waals surface area contributed by atoms with Gasteiger partial charge >= 0.3 is 11.9 Å². The SMILES string of the molecule is CCC(CC(Br)C(=O)O)C(Br)(CC)C(=O)O. The van der Waals surface area contributed by atoms with E-state index < -0.39 is 21.1 Å². The molecule has 0 aliphatic rings. The molecule has 0 aromatic rings. The van der Waals surface area contributed by atoms with Gasteiger partial charge in [0.1, 0.15) is 9.15 Å². The van der Waals surface area contributed by atoms with E-state index in [1.807, 2.05) is 6.92 Å². The van der Waals surface area contributed by atoms with Crippen molar-refractivity contribution in [3.8, 4) is 0 Å². The van der Waals surface area contributed by atoms with Crippen LogP contribution in [0.5, 0.6) is 0 Å². The average Bonchev–Trinajstić information content (AvgIpc) is 2.23. The first kappa shape index (κ1) is 15.9. The molecule has 94 valence electrons. The second-order valence-electron chi connectivity index (χ2n) is 3.67. The molecule has 0 fully saturated rings. The monoisotopic (exact) mass is 358 g/mol. The van der Waals surface area contributed by atoms with Crippen molar-refractivity contribution < 1.29 is 19.8 Å². The zero-order valence-corrected chi connectivity index (χ0v) is 12.4. The van der Waals surface area contributed by atoms with Crippen LogP contribution in [0.15, 0.2) is 0 Å². The quantitative estimate of drug-likeness (QED) is 0.685. The Labute approximate surface area is 112 Å². The van der Waals surface area contributed by atoms with Crippen LogP contribution in [0.3, 0.4) is 0 Å². The standard InChI is InChI=1S/C10H16Br2O4/c1-3-6(5-7(11)8(13)14)10(12,4-2)9(15)16/h6-7H,3-5H2,1-2H3,(H,13,14)(H,15,16). The fourth-order valence-electron chi connectivity index (χ4n) is 1.64. The molecule has 0 aliphatic carbocycles. The van der Waals surface area contributed by atoms with Crippen molar-refractivity contribution in [2.24, 2.45) is 5.92 Å². The van der Waals surface area contributed by atoms with Gasteiger partial charge in [0.25, 0.3) is 0 Å². The first-order valence-electron chi connectivity index (χ1n) is 5.08. The molecule has 0 aromatic carbocycles. The lowest BCUT2D eigenvalue weighted by Crippen LogP contribution is -2.41. The van der Waals surface area contributed by atoms with E-state index in [2.05, 4.69) is 31.9 Å². The fourth-order valence-corrected chi connectivity index (χ4v) is 2.60. The Hall–Kier alpha value is -0.100. The maximum Gasteiger partial charge on any atom is 0.320 e. The third-order valence-electron chi connectivity index (χ3n) is 2.77. The molecule has 16 heavy (non-hydrogen) atoms. The van der Waals surface area contributed by atoms with Crippen molar-refractivity contribution in [3.05, 3.63) is 0 Å². The van der Waals surface area contributed by atoms with Gasteiger partial charge in [-0.05, 0) is 18.8 Å². The summed E-state index contributed by atoms with van der Waals surface area (Å²) in [4.78, 5) is 21.2. The Morgan fingerprint density at radius 1 is 1.31 bits per heavy atom. The van der Waals surface area contributed by atoms with Crippen LogP contribution in [-0.2, 0) is 9.59 Å². The first-order chi connectivity index (χ1) is 7.29. The summed E-state index contributed by atoms with van der Waals surface area (Å²) in [5.41, 5.74) is 0. The number of alkyl halides is 2. The van der Waals surface area contributed by atoms with Crippen molar-refractivity contribution in [1.82, 2.24) is 0 Å². The van der Waals surface area contributed by atoms with Crippen molar-refractivity contribution in [2.75, 3.05) is 0 Å². The van der Waals surface area contributed by atoms with E-state index in [1.165, 1.54) is 0 Å². The van der Waals surface area contributed by atoms with E-state index in [1.54, 1.807) is 6.92 Å². The van der Waals surface area contributed by atoms with Crippen LogP contribution >= 0.6 is 31.9 Å². The van der Waals surface area contributed by atoms with Gasteiger partial charge in [0.15, 0.2) is 0 Å². The Balaban J connectivity index is 4.83. The second kappa shape index (κ2) is 6.59. The Kier molecular flexibility index (Phi) is 6.55. The number of carboxylic acid groups (broad SMARTS) is 2. The van der Waals surface area contributed by atoms with Crippen LogP contribution in [0.2, 0.25) is 0 Å². The van der Waals surface area contributed by atoms with Crippen molar-refractivity contribution in [1.29, 1.82) is 0 Å². The lowest BCUT2D eigenvalue weighted by Gasteiger charge is -2.31. The Morgan fingerprint density at radius 2 is 1.81 bits per heavy atom. The van der Waals surface area contributed by atoms with E-state index in [0.29, 0.717) is 12.8 Å². The minimum Gasteiger partial charge on any atom is -0.480 e. The number of halogens is 2. The van der Waals surface area contributed by atoms with Gasteiger partial charge in [0.05, 0.1) is 0 Å². The summed E-state index contributed by atoms with van der Waals surface area (Å²) in [5.74, 6) is -2.13. The number of hydrogen-bond donors (Lipinski definition) is 2. The minimum absolute atomic E-state index is 0.226. The van der Waals surface area contributed by atoms with Gasteiger partial charge in [-0.2, -0.15) is 0 Å². The molecule has 0 spiro atoms. The summed E-state index contributed by atoms with van der Waals surface area (Å²) in [6, 6.07) is 0. The van der Waals surface area contributed by atoms with Gasteiger partial charge in [-0.3, -0.25) is 9.59 Å². The molecule has 0 amide bonds. The highest BCUT2D eigenvalue weighted by Crippen LogP contribution is 2.38. The lowest BCUT2D eigenvalue weighted by atomic mass is 9.84. The maximum absolute atomic E-state index is 11.2. The van der Waals surface area contributed by atoms with Gasteiger partial charge in [-0.15, -0.1) is 0 Å². The van der Waals surface area contributed by atoms with Crippen LogP contribution in [0.25, 0.3) is 0 Å². The van der Waals surface area contributed by atoms with Gasteiger partial charge in [0, 0.05) is 0 Å². The zero-order valence-electron chi connectivity index (χ0n) is 9.24. The molecule has 4 nitrogen and oxygen atoms in total. The van der Waals surface area contributed by atoms with Crippen molar-refractivity contribution in [3.63, 3.8) is 0 Å². The molecule has 0 saturated heterocycles. The molecule has 0 bridgehead atoms. The lowest BCUT2D eigenvalue weighted by molar-refractivity contribution is -0.142. The number of hydrogen-bond acceptors (Lipinski definition) is 2. The van der Waals surface area contributed by atoms with Gasteiger partial charge in [-0.1, -0.05) is 52.1 Å². The molecular weight excluding hydrogens is 344 g/mol. The van der Waals surface area contributed by atoms with Gasteiger partial charge in [-0.25, -0.2) is 0 Å². The van der Waals surface area contributed by atoms with Crippen LogP contribution in [0.4, 0.5) is 0 Å². The van der Waals surface area contributed by atoms with Crippen LogP contribution in [-0.4, -0.2) is 31.3 Å². The highest BCUT2D eigenvalue weighted by Gasteiger charge is 2.42. The molecule has 2 N–H and O–H groups in total.